The summed E-state index contributed by atoms with van der Waals surface area (Å²) in [5.74, 6) is -0.831. The van der Waals surface area contributed by atoms with Crippen molar-refractivity contribution in [2.45, 2.75) is 18.6 Å². The van der Waals surface area contributed by atoms with Crippen LogP contribution in [0.1, 0.15) is 18.4 Å². The third-order valence-corrected chi connectivity index (χ3v) is 4.38. The number of hydrogen-bond donors (Lipinski definition) is 0. The van der Waals surface area contributed by atoms with E-state index in [4.69, 9.17) is 4.42 Å². The number of hydrogen-bond acceptors (Lipinski definition) is 7. The predicted octanol–water partition coefficient (Wildman–Crippen LogP) is 2.34. The minimum atomic E-state index is -1.29. The van der Waals surface area contributed by atoms with Crippen molar-refractivity contribution in [3.63, 3.8) is 0 Å². The first-order valence-electron chi connectivity index (χ1n) is 6.81. The first-order valence-corrected chi connectivity index (χ1v) is 8.41. The van der Waals surface area contributed by atoms with Crippen LogP contribution in [0.4, 0.5) is 5.69 Å². The van der Waals surface area contributed by atoms with Crippen LogP contribution in [0.2, 0.25) is 0 Å². The highest BCUT2D eigenvalue weighted by Crippen LogP contribution is 2.30. The molecule has 0 unspecified atom stereocenters. The Morgan fingerprint density at radius 3 is 2.70 bits per heavy atom. The lowest BCUT2D eigenvalue weighted by Crippen LogP contribution is -2.23. The van der Waals surface area contributed by atoms with Crippen LogP contribution in [0, 0.1) is 0 Å². The van der Waals surface area contributed by atoms with Gasteiger partial charge in [0.25, 0.3) is 5.22 Å². The van der Waals surface area contributed by atoms with Crippen molar-refractivity contribution >= 4 is 45.4 Å². The number of carboxylic acid groups (broad SMARTS) is 1. The van der Waals surface area contributed by atoms with E-state index >= 15 is 0 Å². The fourth-order valence-corrected chi connectivity index (χ4v) is 3.21. The second-order valence-electron chi connectivity index (χ2n) is 4.82. The van der Waals surface area contributed by atoms with Gasteiger partial charge in [-0.05, 0) is 51.5 Å². The van der Waals surface area contributed by atoms with Gasteiger partial charge in [-0.15, -0.1) is 10.2 Å². The summed E-state index contributed by atoms with van der Waals surface area (Å²) >= 11 is 4.35. The first-order chi connectivity index (χ1) is 10.9. The largest absolute Gasteiger partial charge is 0.544 e. The average Bonchev–Trinajstić information content (AvgIpc) is 2.94. The van der Waals surface area contributed by atoms with Crippen LogP contribution >= 0.6 is 27.7 Å². The van der Waals surface area contributed by atoms with E-state index in [-0.39, 0.29) is 10.1 Å². The van der Waals surface area contributed by atoms with E-state index < -0.39 is 5.97 Å². The van der Waals surface area contributed by atoms with Crippen LogP contribution in [0.3, 0.4) is 0 Å². The maximum Gasteiger partial charge on any atom is 0.281 e. The molecule has 0 bridgehead atoms. The Kier molecular flexibility index (Phi) is 5.84. The van der Waals surface area contributed by atoms with Gasteiger partial charge in [0.05, 0.1) is 11.7 Å². The van der Waals surface area contributed by atoms with Gasteiger partial charge in [-0.2, -0.15) is 0 Å². The minimum absolute atomic E-state index is 0.000746. The number of aromatic nitrogens is 2. The molecule has 2 aromatic rings. The highest BCUT2D eigenvalue weighted by Gasteiger charge is 2.10. The number of anilines is 1. The number of carbonyl (C=O) groups is 1. The third kappa shape index (κ3) is 4.59. The molecule has 2 rings (SSSR count). The molecule has 0 saturated carbocycles. The van der Waals surface area contributed by atoms with Crippen LogP contribution in [0.15, 0.2) is 37.2 Å². The minimum Gasteiger partial charge on any atom is -0.544 e. The summed E-state index contributed by atoms with van der Waals surface area (Å²) in [7, 11) is 3.86. The van der Waals surface area contributed by atoms with Gasteiger partial charge in [0.1, 0.15) is 0 Å². The number of carbonyl (C=O) groups excluding carboxylic acids is 1. The molecular formula is C15H15BrN3O3S-. The summed E-state index contributed by atoms with van der Waals surface area (Å²) in [6, 6.07) is 5.56. The molecule has 1 aromatic carbocycles. The Balaban J connectivity index is 2.28. The molecule has 122 valence electrons. The monoisotopic (exact) mass is 396 g/mol. The Hall–Kier alpha value is -1.80. The number of benzene rings is 1. The zero-order valence-corrected chi connectivity index (χ0v) is 15.3. The summed E-state index contributed by atoms with van der Waals surface area (Å²) in [6.07, 6.45) is 2.11. The Labute approximate surface area is 146 Å². The van der Waals surface area contributed by atoms with Crippen LogP contribution in [0.5, 0.6) is 0 Å². The highest BCUT2D eigenvalue weighted by molar-refractivity contribution is 9.10. The lowest BCUT2D eigenvalue weighted by atomic mass is 10.2. The lowest BCUT2D eigenvalue weighted by Gasteiger charge is -2.15. The Bertz CT molecular complexity index is 743. The van der Waals surface area contributed by atoms with Crippen LogP contribution < -0.4 is 10.0 Å². The average molecular weight is 397 g/mol. The van der Waals surface area contributed by atoms with E-state index in [1.54, 1.807) is 0 Å². The molecule has 0 fully saturated rings. The predicted molar refractivity (Wildman–Crippen MR) is 91.0 cm³/mol. The van der Waals surface area contributed by atoms with E-state index in [2.05, 4.69) is 26.1 Å². The van der Waals surface area contributed by atoms with Gasteiger partial charge in [0.15, 0.2) is 0 Å². The molecule has 6 nitrogen and oxygen atoms in total. The highest BCUT2D eigenvalue weighted by atomic mass is 79.9. The maximum atomic E-state index is 11.3. The second-order valence-corrected chi connectivity index (χ2v) is 6.67. The standard InChI is InChI=1S/C15H16BrN3O3S/c1-4-13-17-18-15(22-13)23-12(14(20)21)8-9-5-6-11(19(2)3)10(16)7-9/h5-8H,4H2,1-3H3,(H,20,21)/p-1/b12-8+. The van der Waals surface area contributed by atoms with Gasteiger partial charge in [-0.1, -0.05) is 13.0 Å². The molecule has 0 amide bonds. The third-order valence-electron chi connectivity index (χ3n) is 2.90. The van der Waals surface area contributed by atoms with Crippen LogP contribution in [-0.2, 0) is 11.2 Å². The number of rotatable bonds is 6. The first kappa shape index (κ1) is 17.6. The molecule has 8 heteroatoms. The fraction of sp³-hybridized carbons (Fsp3) is 0.267. The van der Waals surface area contributed by atoms with E-state index in [9.17, 15) is 9.90 Å². The number of carboxylic acids is 1. The molecular weight excluding hydrogens is 382 g/mol. The van der Waals surface area contributed by atoms with Gasteiger partial charge in [-0.3, -0.25) is 0 Å². The number of aryl methyl sites for hydroxylation is 1. The number of nitrogens with zero attached hydrogens (tertiary/aromatic N) is 3. The zero-order valence-electron chi connectivity index (χ0n) is 12.9. The normalized spacial score (nSPS) is 11.6. The van der Waals surface area contributed by atoms with Crippen molar-refractivity contribution in [2.75, 3.05) is 19.0 Å². The fourth-order valence-electron chi connectivity index (χ4n) is 1.77. The van der Waals surface area contributed by atoms with E-state index in [0.717, 1.165) is 27.5 Å². The summed E-state index contributed by atoms with van der Waals surface area (Å²) in [6.45, 7) is 1.88. The second kappa shape index (κ2) is 7.65. The summed E-state index contributed by atoms with van der Waals surface area (Å²) in [5.41, 5.74) is 1.72. The SMILES string of the molecule is CCc1nnc(S/C(=C/c2ccc(N(C)C)c(Br)c2)C(=O)[O-])o1. The topological polar surface area (TPSA) is 82.3 Å². The summed E-state index contributed by atoms with van der Waals surface area (Å²) < 4.78 is 6.18. The number of halogens is 1. The quantitative estimate of drug-likeness (QED) is 0.547. The Morgan fingerprint density at radius 2 is 2.17 bits per heavy atom. The zero-order chi connectivity index (χ0) is 17.0. The van der Waals surface area contributed by atoms with Crippen molar-refractivity contribution in [2.24, 2.45) is 0 Å². The van der Waals surface area contributed by atoms with Crippen molar-refractivity contribution < 1.29 is 14.3 Å². The van der Waals surface area contributed by atoms with Gasteiger partial charge >= 0.3 is 0 Å². The van der Waals surface area contributed by atoms with Gasteiger partial charge in [0, 0.05) is 29.9 Å². The molecule has 0 spiro atoms. The van der Waals surface area contributed by atoms with E-state index in [1.807, 2.05) is 44.1 Å². The molecule has 0 saturated heterocycles. The Morgan fingerprint density at radius 1 is 1.43 bits per heavy atom. The molecule has 0 radical (unpaired) electrons. The van der Waals surface area contributed by atoms with Gasteiger partial charge in [0.2, 0.25) is 5.89 Å². The summed E-state index contributed by atoms with van der Waals surface area (Å²) in [4.78, 5) is 13.3. The number of thioether (sulfide) groups is 1. The van der Waals surface area contributed by atoms with Crippen molar-refractivity contribution in [1.29, 1.82) is 0 Å². The molecule has 0 atom stereocenters. The van der Waals surface area contributed by atoms with E-state index in [0.29, 0.717) is 12.3 Å². The molecule has 0 aliphatic heterocycles. The molecule has 0 aliphatic rings. The smallest absolute Gasteiger partial charge is 0.281 e. The summed E-state index contributed by atoms with van der Waals surface area (Å²) in [5, 5.41) is 19.1. The molecule has 0 N–H and O–H groups in total. The van der Waals surface area contributed by atoms with Gasteiger partial charge in [-0.25, -0.2) is 0 Å². The number of aliphatic carboxylic acids is 1. The van der Waals surface area contributed by atoms with Crippen LogP contribution in [-0.4, -0.2) is 30.3 Å². The van der Waals surface area contributed by atoms with Crippen molar-refractivity contribution in [3.8, 4) is 0 Å². The molecule has 1 heterocycles. The van der Waals surface area contributed by atoms with E-state index in [1.165, 1.54) is 6.08 Å². The molecule has 1 aromatic heterocycles. The van der Waals surface area contributed by atoms with Crippen molar-refractivity contribution in [3.05, 3.63) is 39.0 Å². The lowest BCUT2D eigenvalue weighted by molar-refractivity contribution is -0.298. The van der Waals surface area contributed by atoms with Crippen LogP contribution in [0.25, 0.3) is 6.08 Å². The van der Waals surface area contributed by atoms with Crippen molar-refractivity contribution in [1.82, 2.24) is 10.2 Å². The molecule has 23 heavy (non-hydrogen) atoms. The van der Waals surface area contributed by atoms with Gasteiger partial charge < -0.3 is 19.2 Å². The molecule has 0 aliphatic carbocycles. The maximum absolute atomic E-state index is 11.3.